The van der Waals surface area contributed by atoms with Gasteiger partial charge >= 0.3 is 5.97 Å². The lowest BCUT2D eigenvalue weighted by Gasteiger charge is -2.13. The van der Waals surface area contributed by atoms with Crippen LogP contribution in [0, 0.1) is 20.8 Å². The largest absolute Gasteiger partial charge is 0.478 e. The molecule has 0 saturated heterocycles. The van der Waals surface area contributed by atoms with Crippen LogP contribution in [0.3, 0.4) is 0 Å². The minimum Gasteiger partial charge on any atom is -0.478 e. The molecule has 0 amide bonds. The monoisotopic (exact) mass is 334 g/mol. The molecular formula is C16H15BrO3. The van der Waals surface area contributed by atoms with Crippen LogP contribution < -0.4 is 4.74 Å². The van der Waals surface area contributed by atoms with E-state index in [1.807, 2.05) is 26.8 Å². The molecule has 20 heavy (non-hydrogen) atoms. The number of hydrogen-bond acceptors (Lipinski definition) is 2. The Hall–Kier alpha value is -1.81. The first-order chi connectivity index (χ1) is 9.36. The number of carboxylic acids is 1. The second-order valence-electron chi connectivity index (χ2n) is 4.79. The average Bonchev–Trinajstić information content (AvgIpc) is 2.34. The van der Waals surface area contributed by atoms with Gasteiger partial charge in [0.1, 0.15) is 11.5 Å². The summed E-state index contributed by atoms with van der Waals surface area (Å²) in [5, 5.41) is 9.07. The SMILES string of the molecule is Cc1cc(C)c(C)c(Oc2cc(Br)cc(C(=O)O)c2)c1. The van der Waals surface area contributed by atoms with Crippen LogP contribution in [0.25, 0.3) is 0 Å². The third kappa shape index (κ3) is 3.20. The smallest absolute Gasteiger partial charge is 0.335 e. The molecule has 0 radical (unpaired) electrons. The number of carboxylic acid groups (broad SMARTS) is 1. The summed E-state index contributed by atoms with van der Waals surface area (Å²) < 4.78 is 6.52. The van der Waals surface area contributed by atoms with E-state index in [9.17, 15) is 4.79 Å². The number of carbonyl (C=O) groups is 1. The van der Waals surface area contributed by atoms with Crippen LogP contribution in [0.1, 0.15) is 27.0 Å². The molecule has 0 heterocycles. The lowest BCUT2D eigenvalue weighted by molar-refractivity contribution is 0.0696. The second-order valence-corrected chi connectivity index (χ2v) is 5.70. The molecule has 0 aliphatic heterocycles. The van der Waals surface area contributed by atoms with Gasteiger partial charge in [0, 0.05) is 4.47 Å². The average molecular weight is 335 g/mol. The number of rotatable bonds is 3. The summed E-state index contributed by atoms with van der Waals surface area (Å²) in [6.07, 6.45) is 0. The first-order valence-electron chi connectivity index (χ1n) is 6.16. The van der Waals surface area contributed by atoms with Gasteiger partial charge in [0.15, 0.2) is 0 Å². The molecular weight excluding hydrogens is 320 g/mol. The summed E-state index contributed by atoms with van der Waals surface area (Å²) in [4.78, 5) is 11.1. The van der Waals surface area contributed by atoms with E-state index in [4.69, 9.17) is 9.84 Å². The summed E-state index contributed by atoms with van der Waals surface area (Å²) in [5.41, 5.74) is 3.49. The van der Waals surface area contributed by atoms with Gasteiger partial charge < -0.3 is 9.84 Å². The van der Waals surface area contributed by atoms with Crippen LogP contribution >= 0.6 is 15.9 Å². The summed E-state index contributed by atoms with van der Waals surface area (Å²) >= 11 is 3.30. The Labute approximate surface area is 126 Å². The molecule has 0 aliphatic carbocycles. The maximum absolute atomic E-state index is 11.1. The van der Waals surface area contributed by atoms with E-state index < -0.39 is 5.97 Å². The zero-order valence-electron chi connectivity index (χ0n) is 11.5. The molecule has 0 aromatic heterocycles. The number of aryl methyl sites for hydroxylation is 2. The Bertz CT molecular complexity index is 678. The van der Waals surface area contributed by atoms with E-state index in [1.54, 1.807) is 12.1 Å². The van der Waals surface area contributed by atoms with Gasteiger partial charge in [-0.1, -0.05) is 22.0 Å². The predicted octanol–water partition coefficient (Wildman–Crippen LogP) is 4.86. The van der Waals surface area contributed by atoms with E-state index in [2.05, 4.69) is 22.0 Å². The van der Waals surface area contributed by atoms with Crippen LogP contribution in [-0.2, 0) is 0 Å². The molecule has 2 aromatic rings. The van der Waals surface area contributed by atoms with Crippen LogP contribution in [0.4, 0.5) is 0 Å². The molecule has 0 saturated carbocycles. The van der Waals surface area contributed by atoms with Crippen molar-refractivity contribution in [2.75, 3.05) is 0 Å². The summed E-state index contributed by atoms with van der Waals surface area (Å²) in [5.74, 6) is 0.273. The highest BCUT2D eigenvalue weighted by Crippen LogP contribution is 2.30. The van der Waals surface area contributed by atoms with E-state index in [-0.39, 0.29) is 5.56 Å². The fourth-order valence-electron chi connectivity index (χ4n) is 1.98. The van der Waals surface area contributed by atoms with Crippen molar-refractivity contribution < 1.29 is 14.6 Å². The van der Waals surface area contributed by atoms with Crippen molar-refractivity contribution in [3.05, 3.63) is 57.1 Å². The number of halogens is 1. The molecule has 0 unspecified atom stereocenters. The molecule has 3 nitrogen and oxygen atoms in total. The van der Waals surface area contributed by atoms with Crippen LogP contribution in [0.2, 0.25) is 0 Å². The molecule has 0 aliphatic rings. The molecule has 0 fully saturated rings. The molecule has 4 heteroatoms. The number of benzene rings is 2. The van der Waals surface area contributed by atoms with Crippen LogP contribution in [-0.4, -0.2) is 11.1 Å². The molecule has 0 spiro atoms. The minimum absolute atomic E-state index is 0.191. The van der Waals surface area contributed by atoms with Crippen molar-refractivity contribution in [1.82, 2.24) is 0 Å². The quantitative estimate of drug-likeness (QED) is 0.871. The Morgan fingerprint density at radius 1 is 1.10 bits per heavy atom. The van der Waals surface area contributed by atoms with Gasteiger partial charge in [-0.05, 0) is 61.7 Å². The summed E-state index contributed by atoms with van der Waals surface area (Å²) in [6.45, 7) is 6.02. The maximum atomic E-state index is 11.1. The van der Waals surface area contributed by atoms with Gasteiger partial charge in [0.05, 0.1) is 5.56 Å². The van der Waals surface area contributed by atoms with E-state index in [0.717, 1.165) is 22.4 Å². The normalized spacial score (nSPS) is 10.4. The molecule has 0 atom stereocenters. The predicted molar refractivity (Wildman–Crippen MR) is 81.8 cm³/mol. The standard InChI is InChI=1S/C16H15BrO3/c1-9-4-10(2)11(3)15(5-9)20-14-7-12(16(18)19)6-13(17)8-14/h4-8H,1-3H3,(H,18,19). The topological polar surface area (TPSA) is 46.5 Å². The summed E-state index contributed by atoms with van der Waals surface area (Å²) in [7, 11) is 0. The first-order valence-corrected chi connectivity index (χ1v) is 6.95. The molecule has 2 rings (SSSR count). The highest BCUT2D eigenvalue weighted by Gasteiger charge is 2.10. The van der Waals surface area contributed by atoms with Gasteiger partial charge in [-0.2, -0.15) is 0 Å². The van der Waals surface area contributed by atoms with Crippen molar-refractivity contribution in [3.8, 4) is 11.5 Å². The molecule has 0 bridgehead atoms. The van der Waals surface area contributed by atoms with Gasteiger partial charge in [-0.25, -0.2) is 4.79 Å². The third-order valence-electron chi connectivity index (χ3n) is 3.11. The van der Waals surface area contributed by atoms with E-state index in [0.29, 0.717) is 10.2 Å². The molecule has 1 N–H and O–H groups in total. The fraction of sp³-hybridized carbons (Fsp3) is 0.188. The van der Waals surface area contributed by atoms with Gasteiger partial charge in [0.2, 0.25) is 0 Å². The van der Waals surface area contributed by atoms with Crippen molar-refractivity contribution in [1.29, 1.82) is 0 Å². The van der Waals surface area contributed by atoms with Crippen molar-refractivity contribution >= 4 is 21.9 Å². The lowest BCUT2D eigenvalue weighted by Crippen LogP contribution is -1.98. The van der Waals surface area contributed by atoms with Gasteiger partial charge in [-0.3, -0.25) is 0 Å². The first kappa shape index (κ1) is 14.6. The zero-order valence-corrected chi connectivity index (χ0v) is 13.1. The maximum Gasteiger partial charge on any atom is 0.335 e. The van der Waals surface area contributed by atoms with Gasteiger partial charge in [-0.15, -0.1) is 0 Å². The highest BCUT2D eigenvalue weighted by atomic mass is 79.9. The van der Waals surface area contributed by atoms with Crippen molar-refractivity contribution in [2.45, 2.75) is 20.8 Å². The highest BCUT2D eigenvalue weighted by molar-refractivity contribution is 9.10. The van der Waals surface area contributed by atoms with Crippen LogP contribution in [0.5, 0.6) is 11.5 Å². The number of aromatic carboxylic acids is 1. The van der Waals surface area contributed by atoms with Gasteiger partial charge in [0.25, 0.3) is 0 Å². The van der Waals surface area contributed by atoms with E-state index in [1.165, 1.54) is 6.07 Å². The van der Waals surface area contributed by atoms with Crippen molar-refractivity contribution in [3.63, 3.8) is 0 Å². The Kier molecular flexibility index (Phi) is 4.14. The number of ether oxygens (including phenoxy) is 1. The summed E-state index contributed by atoms with van der Waals surface area (Å²) in [6, 6.07) is 8.85. The third-order valence-corrected chi connectivity index (χ3v) is 3.57. The lowest BCUT2D eigenvalue weighted by atomic mass is 10.1. The van der Waals surface area contributed by atoms with Crippen molar-refractivity contribution in [2.24, 2.45) is 0 Å². The number of hydrogen-bond donors (Lipinski definition) is 1. The zero-order chi connectivity index (χ0) is 14.9. The Morgan fingerprint density at radius 3 is 2.45 bits per heavy atom. The fourth-order valence-corrected chi connectivity index (χ4v) is 2.45. The Morgan fingerprint density at radius 2 is 1.80 bits per heavy atom. The second kappa shape index (κ2) is 5.67. The molecule has 2 aromatic carbocycles. The minimum atomic E-state index is -0.978. The van der Waals surface area contributed by atoms with E-state index >= 15 is 0 Å². The Balaban J connectivity index is 2.42. The van der Waals surface area contributed by atoms with Crippen LogP contribution in [0.15, 0.2) is 34.8 Å². The molecule has 104 valence electrons.